The van der Waals surface area contributed by atoms with E-state index in [1.165, 1.54) is 0 Å². The number of hydrogen-bond acceptors (Lipinski definition) is 3. The summed E-state index contributed by atoms with van der Waals surface area (Å²) in [6.07, 6.45) is 5.22. The summed E-state index contributed by atoms with van der Waals surface area (Å²) in [6.45, 7) is 0.622. The maximum Gasteiger partial charge on any atom is 0.326 e. The van der Waals surface area contributed by atoms with Crippen molar-refractivity contribution in [1.82, 2.24) is 4.90 Å². The molecule has 102 valence electrons. The van der Waals surface area contributed by atoms with E-state index in [-0.39, 0.29) is 5.91 Å². The molecule has 2 aliphatic heterocycles. The fourth-order valence-corrected chi connectivity index (χ4v) is 4.01. The second-order valence-corrected chi connectivity index (χ2v) is 6.42. The average Bonchev–Trinajstić information content (AvgIpc) is 2.40. The van der Waals surface area contributed by atoms with Gasteiger partial charge in [0, 0.05) is 13.0 Å². The highest BCUT2D eigenvalue weighted by Crippen LogP contribution is 2.27. The van der Waals surface area contributed by atoms with Gasteiger partial charge in [-0.15, -0.1) is 0 Å². The van der Waals surface area contributed by atoms with Crippen molar-refractivity contribution in [1.29, 1.82) is 0 Å². The number of thioether (sulfide) groups is 1. The molecule has 0 aromatic rings. The number of carbonyl (C=O) groups is 2. The van der Waals surface area contributed by atoms with Gasteiger partial charge in [-0.2, -0.15) is 11.8 Å². The Morgan fingerprint density at radius 3 is 2.56 bits per heavy atom. The minimum Gasteiger partial charge on any atom is -0.480 e. The number of amides is 1. The van der Waals surface area contributed by atoms with Crippen LogP contribution in [0.3, 0.4) is 0 Å². The third kappa shape index (κ3) is 3.40. The van der Waals surface area contributed by atoms with Gasteiger partial charge in [-0.05, 0) is 49.5 Å². The molecule has 2 heterocycles. The van der Waals surface area contributed by atoms with Crippen LogP contribution >= 0.6 is 11.8 Å². The molecule has 0 saturated carbocycles. The molecule has 5 heteroatoms. The van der Waals surface area contributed by atoms with Crippen molar-refractivity contribution in [2.75, 3.05) is 18.1 Å². The third-order valence-corrected chi connectivity index (χ3v) is 4.96. The predicted molar refractivity (Wildman–Crippen MR) is 71.7 cm³/mol. The van der Waals surface area contributed by atoms with Crippen LogP contribution in [-0.2, 0) is 9.59 Å². The van der Waals surface area contributed by atoms with Gasteiger partial charge in [0.25, 0.3) is 0 Å². The highest BCUT2D eigenvalue weighted by atomic mass is 32.2. The number of rotatable bonds is 3. The van der Waals surface area contributed by atoms with Crippen LogP contribution in [0, 0.1) is 5.92 Å². The van der Waals surface area contributed by atoms with Crippen LogP contribution < -0.4 is 0 Å². The maximum absolute atomic E-state index is 12.2. The summed E-state index contributed by atoms with van der Waals surface area (Å²) in [4.78, 5) is 25.0. The molecular formula is C13H21NO3S. The van der Waals surface area contributed by atoms with Crippen molar-refractivity contribution in [3.63, 3.8) is 0 Å². The first-order valence-corrected chi connectivity index (χ1v) is 7.94. The van der Waals surface area contributed by atoms with Crippen LogP contribution in [-0.4, -0.2) is 46.0 Å². The highest BCUT2D eigenvalue weighted by molar-refractivity contribution is 7.99. The zero-order chi connectivity index (χ0) is 13.0. The van der Waals surface area contributed by atoms with Gasteiger partial charge in [-0.25, -0.2) is 4.79 Å². The van der Waals surface area contributed by atoms with Gasteiger partial charge in [0.15, 0.2) is 0 Å². The topological polar surface area (TPSA) is 57.6 Å². The van der Waals surface area contributed by atoms with Crippen molar-refractivity contribution in [3.8, 4) is 0 Å². The van der Waals surface area contributed by atoms with Crippen molar-refractivity contribution in [2.24, 2.45) is 5.92 Å². The predicted octanol–water partition coefficient (Wildman–Crippen LogP) is 1.99. The van der Waals surface area contributed by atoms with Gasteiger partial charge in [0.05, 0.1) is 0 Å². The lowest BCUT2D eigenvalue weighted by Gasteiger charge is -2.34. The number of nitrogens with zero attached hydrogens (tertiary/aromatic N) is 1. The van der Waals surface area contributed by atoms with Crippen LogP contribution in [0.5, 0.6) is 0 Å². The Labute approximate surface area is 112 Å². The molecule has 0 spiro atoms. The van der Waals surface area contributed by atoms with E-state index in [2.05, 4.69) is 0 Å². The van der Waals surface area contributed by atoms with E-state index in [0.29, 0.717) is 25.3 Å². The summed E-state index contributed by atoms with van der Waals surface area (Å²) in [5.41, 5.74) is 0. The molecule has 0 bridgehead atoms. The van der Waals surface area contributed by atoms with Gasteiger partial charge >= 0.3 is 5.97 Å². The van der Waals surface area contributed by atoms with E-state index >= 15 is 0 Å². The van der Waals surface area contributed by atoms with Crippen LogP contribution in [0.1, 0.15) is 38.5 Å². The number of carbonyl (C=O) groups excluding carboxylic acids is 1. The summed E-state index contributed by atoms with van der Waals surface area (Å²) in [5, 5.41) is 9.17. The Morgan fingerprint density at radius 1 is 1.17 bits per heavy atom. The second kappa shape index (κ2) is 6.45. The zero-order valence-corrected chi connectivity index (χ0v) is 11.5. The Bertz CT molecular complexity index is 315. The van der Waals surface area contributed by atoms with Gasteiger partial charge in [0.2, 0.25) is 5.91 Å². The molecule has 2 aliphatic rings. The molecule has 2 saturated heterocycles. The molecule has 1 N–H and O–H groups in total. The number of aliphatic carboxylic acids is 1. The van der Waals surface area contributed by atoms with Gasteiger partial charge < -0.3 is 10.0 Å². The van der Waals surface area contributed by atoms with Crippen molar-refractivity contribution < 1.29 is 14.7 Å². The Morgan fingerprint density at radius 2 is 1.89 bits per heavy atom. The third-order valence-electron chi connectivity index (χ3n) is 3.91. The fraction of sp³-hybridized carbons (Fsp3) is 0.846. The second-order valence-electron chi connectivity index (χ2n) is 5.20. The Hall–Kier alpha value is -0.710. The first kappa shape index (κ1) is 13.7. The standard InChI is InChI=1S/C13H21NO3S/c15-12(9-10-4-7-18-8-5-10)14-6-2-1-3-11(14)13(16)17/h10-11H,1-9H2,(H,16,17). The van der Waals surface area contributed by atoms with Crippen molar-refractivity contribution in [2.45, 2.75) is 44.6 Å². The number of carboxylic acid groups (broad SMARTS) is 1. The average molecular weight is 271 g/mol. The molecule has 1 atom stereocenters. The lowest BCUT2D eigenvalue weighted by molar-refractivity contribution is -0.152. The first-order chi connectivity index (χ1) is 8.68. The molecular weight excluding hydrogens is 250 g/mol. The number of piperidine rings is 1. The zero-order valence-electron chi connectivity index (χ0n) is 10.6. The molecule has 18 heavy (non-hydrogen) atoms. The van der Waals surface area contributed by atoms with Crippen molar-refractivity contribution in [3.05, 3.63) is 0 Å². The van der Waals surface area contributed by atoms with E-state index in [0.717, 1.165) is 37.2 Å². The van der Waals surface area contributed by atoms with E-state index in [1.807, 2.05) is 11.8 Å². The maximum atomic E-state index is 12.2. The molecule has 0 aromatic carbocycles. The monoisotopic (exact) mass is 271 g/mol. The smallest absolute Gasteiger partial charge is 0.326 e. The van der Waals surface area contributed by atoms with Crippen LogP contribution in [0.2, 0.25) is 0 Å². The first-order valence-electron chi connectivity index (χ1n) is 6.78. The van der Waals surface area contributed by atoms with E-state index in [4.69, 9.17) is 5.11 Å². The molecule has 4 nitrogen and oxygen atoms in total. The number of likely N-dealkylation sites (tertiary alicyclic amines) is 1. The van der Waals surface area contributed by atoms with E-state index in [9.17, 15) is 9.59 Å². The molecule has 2 rings (SSSR count). The van der Waals surface area contributed by atoms with Crippen LogP contribution in [0.15, 0.2) is 0 Å². The number of hydrogen-bond donors (Lipinski definition) is 1. The summed E-state index contributed by atoms with van der Waals surface area (Å²) < 4.78 is 0. The highest BCUT2D eigenvalue weighted by Gasteiger charge is 2.32. The van der Waals surface area contributed by atoms with Crippen molar-refractivity contribution >= 4 is 23.6 Å². The summed E-state index contributed by atoms with van der Waals surface area (Å²) >= 11 is 1.95. The molecule has 0 radical (unpaired) electrons. The van der Waals surface area contributed by atoms with E-state index < -0.39 is 12.0 Å². The quantitative estimate of drug-likeness (QED) is 0.853. The van der Waals surface area contributed by atoms with Gasteiger partial charge in [-0.3, -0.25) is 4.79 Å². The molecule has 0 aliphatic carbocycles. The fourth-order valence-electron chi connectivity index (χ4n) is 2.80. The van der Waals surface area contributed by atoms with Gasteiger partial charge in [-0.1, -0.05) is 0 Å². The molecule has 1 amide bonds. The molecule has 0 aromatic heterocycles. The summed E-state index contributed by atoms with van der Waals surface area (Å²) in [6, 6.07) is -0.579. The SMILES string of the molecule is O=C(O)C1CCCCN1C(=O)CC1CCSCC1. The van der Waals surface area contributed by atoms with Crippen LogP contribution in [0.4, 0.5) is 0 Å². The Balaban J connectivity index is 1.91. The lowest BCUT2D eigenvalue weighted by Crippen LogP contribution is -2.48. The van der Waals surface area contributed by atoms with E-state index in [1.54, 1.807) is 4.90 Å². The largest absolute Gasteiger partial charge is 0.480 e. The minimum absolute atomic E-state index is 0.0546. The molecule has 2 fully saturated rings. The normalized spacial score (nSPS) is 26.0. The summed E-state index contributed by atoms with van der Waals surface area (Å²) in [5.74, 6) is 1.96. The minimum atomic E-state index is -0.845. The number of carboxylic acids is 1. The van der Waals surface area contributed by atoms with Crippen LogP contribution in [0.25, 0.3) is 0 Å². The lowest BCUT2D eigenvalue weighted by atomic mass is 9.95. The van der Waals surface area contributed by atoms with Gasteiger partial charge in [0.1, 0.15) is 6.04 Å². The summed E-state index contributed by atoms with van der Waals surface area (Å²) in [7, 11) is 0. The Kier molecular flexibility index (Phi) is 4.92. The molecule has 1 unspecified atom stereocenters.